The summed E-state index contributed by atoms with van der Waals surface area (Å²) in [5, 5.41) is 7.55. The SMILES string of the molecule is CC(C)n1ccc(CNCc2ccc(F)s2)n1. The molecule has 0 saturated heterocycles. The van der Waals surface area contributed by atoms with Crippen molar-refractivity contribution in [1.29, 1.82) is 0 Å². The van der Waals surface area contributed by atoms with Crippen LogP contribution >= 0.6 is 11.3 Å². The number of hydrogen-bond acceptors (Lipinski definition) is 3. The van der Waals surface area contributed by atoms with Crippen LogP contribution in [0.25, 0.3) is 0 Å². The summed E-state index contributed by atoms with van der Waals surface area (Å²) >= 11 is 1.18. The third-order valence-corrected chi connectivity index (χ3v) is 3.30. The summed E-state index contributed by atoms with van der Waals surface area (Å²) in [5.41, 5.74) is 1.01. The van der Waals surface area contributed by atoms with Crippen LogP contribution in [0.2, 0.25) is 0 Å². The van der Waals surface area contributed by atoms with Crippen LogP contribution in [0, 0.1) is 5.13 Å². The molecule has 0 aromatic carbocycles. The molecule has 2 heterocycles. The minimum atomic E-state index is -0.133. The van der Waals surface area contributed by atoms with Gasteiger partial charge in [0.05, 0.1) is 5.69 Å². The van der Waals surface area contributed by atoms with E-state index in [2.05, 4.69) is 24.3 Å². The fraction of sp³-hybridized carbons (Fsp3) is 0.417. The molecule has 17 heavy (non-hydrogen) atoms. The molecule has 0 aliphatic rings. The van der Waals surface area contributed by atoms with Crippen molar-refractivity contribution in [2.45, 2.75) is 33.0 Å². The molecule has 0 spiro atoms. The summed E-state index contributed by atoms with van der Waals surface area (Å²) < 4.78 is 14.7. The molecule has 2 rings (SSSR count). The lowest BCUT2D eigenvalue weighted by Crippen LogP contribution is -2.13. The summed E-state index contributed by atoms with van der Waals surface area (Å²) in [4.78, 5) is 1.01. The molecule has 0 atom stereocenters. The molecule has 0 bridgehead atoms. The fourth-order valence-electron chi connectivity index (χ4n) is 1.52. The zero-order valence-electron chi connectivity index (χ0n) is 9.98. The Bertz CT molecular complexity index is 476. The summed E-state index contributed by atoms with van der Waals surface area (Å²) in [7, 11) is 0. The van der Waals surface area contributed by atoms with Gasteiger partial charge in [-0.3, -0.25) is 4.68 Å². The minimum absolute atomic E-state index is 0.133. The van der Waals surface area contributed by atoms with Crippen LogP contribution in [0.1, 0.15) is 30.5 Å². The van der Waals surface area contributed by atoms with Gasteiger partial charge in [0, 0.05) is 30.2 Å². The van der Waals surface area contributed by atoms with E-state index in [9.17, 15) is 4.39 Å². The lowest BCUT2D eigenvalue weighted by atomic mass is 10.4. The van der Waals surface area contributed by atoms with Gasteiger partial charge in [0.1, 0.15) is 0 Å². The lowest BCUT2D eigenvalue weighted by Gasteiger charge is -2.04. The van der Waals surface area contributed by atoms with Gasteiger partial charge in [-0.25, -0.2) is 0 Å². The van der Waals surface area contributed by atoms with E-state index in [1.54, 1.807) is 6.07 Å². The average Bonchev–Trinajstić information content (AvgIpc) is 2.88. The molecule has 2 aromatic heterocycles. The number of hydrogen-bond donors (Lipinski definition) is 1. The molecule has 0 amide bonds. The third-order valence-electron chi connectivity index (χ3n) is 2.43. The minimum Gasteiger partial charge on any atom is -0.306 e. The van der Waals surface area contributed by atoms with Gasteiger partial charge in [-0.15, -0.1) is 11.3 Å². The molecule has 0 fully saturated rings. The number of halogens is 1. The van der Waals surface area contributed by atoms with E-state index in [4.69, 9.17) is 0 Å². The highest BCUT2D eigenvalue weighted by Crippen LogP contribution is 2.13. The van der Waals surface area contributed by atoms with Gasteiger partial charge in [-0.1, -0.05) is 0 Å². The van der Waals surface area contributed by atoms with E-state index < -0.39 is 0 Å². The molecular formula is C12H16FN3S. The van der Waals surface area contributed by atoms with Crippen molar-refractivity contribution in [3.8, 4) is 0 Å². The highest BCUT2D eigenvalue weighted by Gasteiger charge is 2.02. The van der Waals surface area contributed by atoms with Crippen LogP contribution in [0.15, 0.2) is 24.4 Å². The standard InChI is InChI=1S/C12H16FN3S/c1-9(2)16-6-5-10(15-16)7-14-8-11-3-4-12(13)17-11/h3-6,9,14H,7-8H2,1-2H3. The second-order valence-corrected chi connectivity index (χ2v) is 5.31. The zero-order chi connectivity index (χ0) is 12.3. The Labute approximate surface area is 104 Å². The van der Waals surface area contributed by atoms with Crippen molar-refractivity contribution in [2.24, 2.45) is 0 Å². The molecule has 0 radical (unpaired) electrons. The number of rotatable bonds is 5. The smallest absolute Gasteiger partial charge is 0.176 e. The second-order valence-electron chi connectivity index (χ2n) is 4.19. The Morgan fingerprint density at radius 2 is 2.18 bits per heavy atom. The zero-order valence-corrected chi connectivity index (χ0v) is 10.8. The molecule has 1 N–H and O–H groups in total. The molecule has 0 aliphatic carbocycles. The largest absolute Gasteiger partial charge is 0.306 e. The number of aromatic nitrogens is 2. The molecular weight excluding hydrogens is 237 g/mol. The highest BCUT2D eigenvalue weighted by atomic mass is 32.1. The van der Waals surface area contributed by atoms with Gasteiger partial charge in [0.25, 0.3) is 0 Å². The quantitative estimate of drug-likeness (QED) is 0.888. The Kier molecular flexibility index (Phi) is 3.91. The molecule has 5 heteroatoms. The summed E-state index contributed by atoms with van der Waals surface area (Å²) in [6.45, 7) is 5.58. The first-order chi connectivity index (χ1) is 8.15. The maximum absolute atomic E-state index is 12.7. The Hall–Kier alpha value is -1.20. The fourth-order valence-corrected chi connectivity index (χ4v) is 2.22. The van der Waals surface area contributed by atoms with Crippen LogP contribution in [-0.2, 0) is 13.1 Å². The molecule has 3 nitrogen and oxygen atoms in total. The van der Waals surface area contributed by atoms with E-state index >= 15 is 0 Å². The first-order valence-electron chi connectivity index (χ1n) is 5.64. The van der Waals surface area contributed by atoms with E-state index in [1.165, 1.54) is 17.4 Å². The van der Waals surface area contributed by atoms with Crippen molar-refractivity contribution in [2.75, 3.05) is 0 Å². The van der Waals surface area contributed by atoms with Gasteiger partial charge in [0.2, 0.25) is 0 Å². The highest BCUT2D eigenvalue weighted by molar-refractivity contribution is 7.10. The van der Waals surface area contributed by atoms with Crippen LogP contribution in [0.4, 0.5) is 4.39 Å². The van der Waals surface area contributed by atoms with Crippen molar-refractivity contribution < 1.29 is 4.39 Å². The molecule has 2 aromatic rings. The van der Waals surface area contributed by atoms with E-state index in [-0.39, 0.29) is 5.13 Å². The van der Waals surface area contributed by atoms with Crippen LogP contribution in [-0.4, -0.2) is 9.78 Å². The Morgan fingerprint density at radius 1 is 1.35 bits per heavy atom. The van der Waals surface area contributed by atoms with Crippen LogP contribution in [0.3, 0.4) is 0 Å². The molecule has 92 valence electrons. The van der Waals surface area contributed by atoms with E-state index in [0.29, 0.717) is 19.1 Å². The third kappa shape index (κ3) is 3.38. The first-order valence-corrected chi connectivity index (χ1v) is 6.46. The predicted molar refractivity (Wildman–Crippen MR) is 67.4 cm³/mol. The van der Waals surface area contributed by atoms with Crippen molar-refractivity contribution >= 4 is 11.3 Å². The van der Waals surface area contributed by atoms with Gasteiger partial charge in [-0.2, -0.15) is 9.49 Å². The van der Waals surface area contributed by atoms with Gasteiger partial charge >= 0.3 is 0 Å². The maximum atomic E-state index is 12.7. The topological polar surface area (TPSA) is 29.9 Å². The molecule has 0 saturated carbocycles. The van der Waals surface area contributed by atoms with Crippen molar-refractivity contribution in [1.82, 2.24) is 15.1 Å². The second kappa shape index (κ2) is 5.42. The molecule has 0 unspecified atom stereocenters. The Morgan fingerprint density at radius 3 is 2.76 bits per heavy atom. The van der Waals surface area contributed by atoms with Crippen molar-refractivity contribution in [3.63, 3.8) is 0 Å². The van der Waals surface area contributed by atoms with E-state index in [0.717, 1.165) is 10.6 Å². The number of nitrogens with zero attached hydrogens (tertiary/aromatic N) is 2. The van der Waals surface area contributed by atoms with Crippen LogP contribution < -0.4 is 5.32 Å². The average molecular weight is 253 g/mol. The normalized spacial score (nSPS) is 11.3. The number of nitrogens with one attached hydrogen (secondary N) is 1. The Balaban J connectivity index is 1.81. The maximum Gasteiger partial charge on any atom is 0.176 e. The van der Waals surface area contributed by atoms with Gasteiger partial charge in [0.15, 0.2) is 5.13 Å². The first kappa shape index (κ1) is 12.3. The lowest BCUT2D eigenvalue weighted by molar-refractivity contribution is 0.521. The predicted octanol–water partition coefficient (Wildman–Crippen LogP) is 2.95. The van der Waals surface area contributed by atoms with E-state index in [1.807, 2.05) is 16.9 Å². The number of thiophene rings is 1. The van der Waals surface area contributed by atoms with Gasteiger partial charge in [-0.05, 0) is 32.0 Å². The monoisotopic (exact) mass is 253 g/mol. The molecule has 0 aliphatic heterocycles. The summed E-state index contributed by atoms with van der Waals surface area (Å²) in [5.74, 6) is 0. The summed E-state index contributed by atoms with van der Waals surface area (Å²) in [6.07, 6.45) is 1.98. The van der Waals surface area contributed by atoms with Crippen molar-refractivity contribution in [3.05, 3.63) is 40.1 Å². The summed E-state index contributed by atoms with van der Waals surface area (Å²) in [6, 6.07) is 5.69. The van der Waals surface area contributed by atoms with Gasteiger partial charge < -0.3 is 5.32 Å². The van der Waals surface area contributed by atoms with Crippen LogP contribution in [0.5, 0.6) is 0 Å².